The highest BCUT2D eigenvalue weighted by Crippen LogP contribution is 2.12. The Balaban J connectivity index is 1.76. The second kappa shape index (κ2) is 12.5. The van der Waals surface area contributed by atoms with E-state index in [0.29, 0.717) is 18.5 Å². The summed E-state index contributed by atoms with van der Waals surface area (Å²) in [4.78, 5) is 30.2. The number of hydrogen-bond donors (Lipinski definition) is 2. The third kappa shape index (κ3) is 8.17. The van der Waals surface area contributed by atoms with E-state index in [1.165, 1.54) is 0 Å². The van der Waals surface area contributed by atoms with Gasteiger partial charge in [-0.15, -0.1) is 0 Å². The van der Waals surface area contributed by atoms with Crippen LogP contribution in [-0.4, -0.2) is 56.8 Å². The second-order valence-electron chi connectivity index (χ2n) is 7.36. The second-order valence-corrected chi connectivity index (χ2v) is 7.36. The predicted octanol–water partition coefficient (Wildman–Crippen LogP) is 2.88. The molecule has 2 aromatic carbocycles. The zero-order valence-corrected chi connectivity index (χ0v) is 17.8. The minimum absolute atomic E-state index is 0.0119. The monoisotopic (exact) mass is 409 g/mol. The fourth-order valence-corrected chi connectivity index (χ4v) is 2.96. The molecule has 0 atom stereocenters. The molecule has 0 heterocycles. The molecule has 2 N–H and O–H groups in total. The number of unbranched alkanes of at least 4 members (excludes halogenated alkanes) is 1. The van der Waals surface area contributed by atoms with Gasteiger partial charge in [-0.05, 0) is 42.5 Å². The smallest absolute Gasteiger partial charge is 0.220 e. The zero-order valence-electron chi connectivity index (χ0n) is 17.8. The van der Waals surface area contributed by atoms with Crippen molar-refractivity contribution in [3.8, 4) is 0 Å². The minimum atomic E-state index is -0.0360. The lowest BCUT2D eigenvalue weighted by molar-refractivity contribution is -0.121. The summed E-state index contributed by atoms with van der Waals surface area (Å²) in [6.07, 6.45) is 4.75. The molecule has 30 heavy (non-hydrogen) atoms. The summed E-state index contributed by atoms with van der Waals surface area (Å²) >= 11 is 0. The fourth-order valence-electron chi connectivity index (χ4n) is 2.96. The molecule has 6 nitrogen and oxygen atoms in total. The van der Waals surface area contributed by atoms with E-state index in [2.05, 4.69) is 10.3 Å². The number of amides is 1. The van der Waals surface area contributed by atoms with Crippen LogP contribution in [0.4, 0.5) is 5.69 Å². The number of aryl methyl sites for hydroxylation is 1. The van der Waals surface area contributed by atoms with Gasteiger partial charge < -0.3 is 15.3 Å². The summed E-state index contributed by atoms with van der Waals surface area (Å²) in [5.41, 5.74) is 3.86. The molecule has 0 radical (unpaired) electrons. The van der Waals surface area contributed by atoms with Gasteiger partial charge in [-0.25, -0.2) is 0 Å². The summed E-state index contributed by atoms with van der Waals surface area (Å²) in [5, 5.41) is 11.3. The van der Waals surface area contributed by atoms with Crippen LogP contribution in [0, 0.1) is 0 Å². The number of hydrogen-bond acceptors (Lipinski definition) is 5. The number of aliphatic hydroxyl groups is 1. The Kier molecular flexibility index (Phi) is 9.74. The van der Waals surface area contributed by atoms with Gasteiger partial charge in [-0.3, -0.25) is 14.6 Å². The molecule has 2 rings (SSSR count). The average Bonchev–Trinajstić information content (AvgIpc) is 2.75. The van der Waals surface area contributed by atoms with Crippen molar-refractivity contribution in [2.24, 2.45) is 4.99 Å². The van der Waals surface area contributed by atoms with E-state index in [1.807, 2.05) is 67.5 Å². The number of aliphatic imine (C=N–C) groups is 1. The van der Waals surface area contributed by atoms with Crippen LogP contribution >= 0.6 is 0 Å². The first-order valence-corrected chi connectivity index (χ1v) is 10.3. The van der Waals surface area contributed by atoms with E-state index in [0.717, 1.165) is 36.1 Å². The van der Waals surface area contributed by atoms with Crippen molar-refractivity contribution < 1.29 is 14.7 Å². The third-order valence-electron chi connectivity index (χ3n) is 4.69. The molecular formula is C24H31N3O3. The molecule has 0 saturated heterocycles. The van der Waals surface area contributed by atoms with Crippen molar-refractivity contribution in [3.63, 3.8) is 0 Å². The number of benzene rings is 2. The Morgan fingerprint density at radius 1 is 1.10 bits per heavy atom. The summed E-state index contributed by atoms with van der Waals surface area (Å²) < 4.78 is 0. The first kappa shape index (κ1) is 23.3. The van der Waals surface area contributed by atoms with E-state index in [1.54, 1.807) is 6.21 Å². The molecule has 0 bridgehead atoms. The Bertz CT molecular complexity index is 845. The minimum Gasteiger partial charge on any atom is -0.395 e. The SMILES string of the molecule is CN(C)c1cccc(C=NCC(=O)c2ccc(CCCCC(=O)NCCO)cc2)c1. The number of aliphatic hydroxyl groups excluding tert-OH is 1. The first-order chi connectivity index (χ1) is 14.5. The Labute approximate surface area is 178 Å². The van der Waals surface area contributed by atoms with E-state index < -0.39 is 0 Å². The van der Waals surface area contributed by atoms with E-state index >= 15 is 0 Å². The third-order valence-corrected chi connectivity index (χ3v) is 4.69. The maximum atomic E-state index is 12.4. The lowest BCUT2D eigenvalue weighted by atomic mass is 10.0. The normalized spacial score (nSPS) is 10.9. The van der Waals surface area contributed by atoms with E-state index in [-0.39, 0.29) is 24.8 Å². The number of Topliss-reactive ketones (excluding diaryl/α,β-unsaturated/α-hetero) is 1. The summed E-state index contributed by atoms with van der Waals surface area (Å²) in [5.74, 6) is -0.0406. The standard InChI is InChI=1S/C24H31N3O3/c1-27(2)22-8-5-7-20(16-22)17-25-18-23(29)21-12-10-19(11-13-21)6-3-4-9-24(30)26-14-15-28/h5,7-8,10-13,16-17,28H,3-4,6,9,14-15,18H2,1-2H3,(H,26,30). The molecular weight excluding hydrogens is 378 g/mol. The topological polar surface area (TPSA) is 82.0 Å². The van der Waals surface area contributed by atoms with E-state index in [9.17, 15) is 9.59 Å². The van der Waals surface area contributed by atoms with Gasteiger partial charge in [0.25, 0.3) is 0 Å². The molecule has 0 spiro atoms. The predicted molar refractivity (Wildman–Crippen MR) is 122 cm³/mol. The molecule has 0 aliphatic rings. The van der Waals surface area contributed by atoms with Gasteiger partial charge in [0.2, 0.25) is 5.91 Å². The first-order valence-electron chi connectivity index (χ1n) is 10.3. The highest BCUT2D eigenvalue weighted by atomic mass is 16.3. The van der Waals surface area contributed by atoms with Crippen molar-refractivity contribution in [2.75, 3.05) is 38.7 Å². The quantitative estimate of drug-likeness (QED) is 0.321. The van der Waals surface area contributed by atoms with Gasteiger partial charge in [-0.1, -0.05) is 36.4 Å². The van der Waals surface area contributed by atoms with Crippen LogP contribution in [-0.2, 0) is 11.2 Å². The summed E-state index contributed by atoms with van der Waals surface area (Å²) in [6.45, 7) is 0.390. The van der Waals surface area contributed by atoms with Gasteiger partial charge in [0.05, 0.1) is 6.61 Å². The molecule has 0 fully saturated rings. The van der Waals surface area contributed by atoms with Gasteiger partial charge in [0, 0.05) is 44.5 Å². The van der Waals surface area contributed by atoms with E-state index in [4.69, 9.17) is 5.11 Å². The largest absolute Gasteiger partial charge is 0.395 e. The van der Waals surface area contributed by atoms with Crippen LogP contribution in [0.15, 0.2) is 53.5 Å². The van der Waals surface area contributed by atoms with Crippen LogP contribution in [0.25, 0.3) is 0 Å². The van der Waals surface area contributed by atoms with Crippen LogP contribution in [0.3, 0.4) is 0 Å². The van der Waals surface area contributed by atoms with Crippen molar-refractivity contribution in [1.82, 2.24) is 5.32 Å². The molecule has 6 heteroatoms. The molecule has 160 valence electrons. The molecule has 0 aliphatic heterocycles. The molecule has 2 aromatic rings. The molecule has 0 aromatic heterocycles. The fraction of sp³-hybridized carbons (Fsp3) is 0.375. The number of rotatable bonds is 12. The summed E-state index contributed by atoms with van der Waals surface area (Å²) in [6, 6.07) is 15.6. The number of ketones is 1. The number of anilines is 1. The lowest BCUT2D eigenvalue weighted by Gasteiger charge is -2.12. The Morgan fingerprint density at radius 3 is 2.57 bits per heavy atom. The Morgan fingerprint density at radius 2 is 1.87 bits per heavy atom. The van der Waals surface area contributed by atoms with Gasteiger partial charge in [0.15, 0.2) is 5.78 Å². The van der Waals surface area contributed by atoms with Crippen LogP contribution in [0.5, 0.6) is 0 Å². The van der Waals surface area contributed by atoms with Crippen LogP contribution in [0.1, 0.15) is 40.7 Å². The van der Waals surface area contributed by atoms with Crippen LogP contribution in [0.2, 0.25) is 0 Å². The number of carbonyl (C=O) groups is 2. The van der Waals surface area contributed by atoms with Crippen LogP contribution < -0.4 is 10.2 Å². The Hall–Kier alpha value is -2.99. The molecule has 1 amide bonds. The number of carbonyl (C=O) groups excluding carboxylic acids is 2. The summed E-state index contributed by atoms with van der Waals surface area (Å²) in [7, 11) is 3.97. The molecule has 0 unspecified atom stereocenters. The molecule has 0 saturated carbocycles. The highest BCUT2D eigenvalue weighted by molar-refractivity contribution is 5.98. The van der Waals surface area contributed by atoms with Crippen molar-refractivity contribution in [3.05, 3.63) is 65.2 Å². The number of nitrogens with zero attached hydrogens (tertiary/aromatic N) is 2. The maximum absolute atomic E-state index is 12.4. The maximum Gasteiger partial charge on any atom is 0.220 e. The van der Waals surface area contributed by atoms with Gasteiger partial charge in [-0.2, -0.15) is 0 Å². The molecule has 0 aliphatic carbocycles. The zero-order chi connectivity index (χ0) is 21.8. The van der Waals surface area contributed by atoms with Crippen molar-refractivity contribution >= 4 is 23.6 Å². The van der Waals surface area contributed by atoms with Gasteiger partial charge in [0.1, 0.15) is 6.54 Å². The number of nitrogens with one attached hydrogen (secondary N) is 1. The van der Waals surface area contributed by atoms with Crippen molar-refractivity contribution in [2.45, 2.75) is 25.7 Å². The highest BCUT2D eigenvalue weighted by Gasteiger charge is 2.05. The van der Waals surface area contributed by atoms with Gasteiger partial charge >= 0.3 is 0 Å². The lowest BCUT2D eigenvalue weighted by Crippen LogP contribution is -2.25. The average molecular weight is 410 g/mol. The van der Waals surface area contributed by atoms with Crippen molar-refractivity contribution in [1.29, 1.82) is 0 Å².